The van der Waals surface area contributed by atoms with Crippen LogP contribution in [0.5, 0.6) is 0 Å². The number of ether oxygens (including phenoxy) is 1. The van der Waals surface area contributed by atoms with Crippen molar-refractivity contribution in [2.75, 3.05) is 6.61 Å². The first-order chi connectivity index (χ1) is 21.5. The highest BCUT2D eigenvalue weighted by molar-refractivity contribution is 6.03. The quantitative estimate of drug-likeness (QED) is 0.142. The number of hydrogen-bond acceptors (Lipinski definition) is 7. The highest BCUT2D eigenvalue weighted by Crippen LogP contribution is 2.31. The second-order valence-electron chi connectivity index (χ2n) is 12.7. The average Bonchev–Trinajstić information content (AvgIpc) is 3.02. The van der Waals surface area contributed by atoms with Crippen molar-refractivity contribution in [3.05, 3.63) is 87.1 Å². The van der Waals surface area contributed by atoms with Crippen molar-refractivity contribution < 1.29 is 14.9 Å². The molecule has 3 aromatic rings. The Morgan fingerprint density at radius 1 is 1.16 bits per heavy atom. The van der Waals surface area contributed by atoms with Crippen LogP contribution in [0.15, 0.2) is 58.3 Å². The number of nitrogens with one attached hydrogen (secondary N) is 1. The zero-order chi connectivity index (χ0) is 32.6. The molecule has 1 aliphatic carbocycles. The molecule has 0 aliphatic heterocycles. The molecular weight excluding hydrogens is 566 g/mol. The highest BCUT2D eigenvalue weighted by atomic mass is 16.5. The summed E-state index contributed by atoms with van der Waals surface area (Å²) in [6.45, 7) is 7.70. The Hall–Kier alpha value is -3.66. The first kappa shape index (κ1) is 34.2. The monoisotopic (exact) mass is 615 g/mol. The van der Waals surface area contributed by atoms with Gasteiger partial charge in [0.05, 0.1) is 24.0 Å². The fraction of sp³-hybridized carbons (Fsp3) is 0.500. The number of aromatic nitrogens is 2. The smallest absolute Gasteiger partial charge is 0.257 e. The molecule has 0 amide bonds. The first-order valence-electron chi connectivity index (χ1n) is 16.2. The van der Waals surface area contributed by atoms with Gasteiger partial charge in [0.25, 0.3) is 5.56 Å². The number of hydrogen-bond donors (Lipinski definition) is 4. The standard InChI is InChI=1S/C36H49N5O4/c1-5-9-31-30(22-24-12-14-25(15-13-24)28-10-7-8-11-29(28)34(38)40-33(42)6-2)35(43)41(32(39-31)20-21-37)26-16-18-27(19-17-26)45-23-36(3,4)44/h7-8,10-15,21,26-27,33,37,42,44H,5-6,9,16-20,22-23H2,1-4H3,(H2,38,40). The van der Waals surface area contributed by atoms with Gasteiger partial charge in [-0.2, -0.15) is 0 Å². The molecule has 1 fully saturated rings. The van der Waals surface area contributed by atoms with E-state index in [4.69, 9.17) is 20.9 Å². The van der Waals surface area contributed by atoms with Crippen LogP contribution in [0.3, 0.4) is 0 Å². The van der Waals surface area contributed by atoms with Crippen molar-refractivity contribution in [1.29, 1.82) is 5.41 Å². The number of nitrogens with zero attached hydrogens (tertiary/aromatic N) is 3. The fourth-order valence-corrected chi connectivity index (χ4v) is 5.97. The van der Waals surface area contributed by atoms with E-state index in [0.717, 1.165) is 60.1 Å². The van der Waals surface area contributed by atoms with Gasteiger partial charge in [0.15, 0.2) is 0 Å². The normalized spacial score (nSPS) is 18.1. The number of aliphatic hydroxyl groups excluding tert-OH is 1. The molecule has 1 saturated carbocycles. The number of rotatable bonds is 14. The van der Waals surface area contributed by atoms with Gasteiger partial charge in [-0.15, -0.1) is 0 Å². The van der Waals surface area contributed by atoms with Crippen molar-refractivity contribution in [2.24, 2.45) is 10.7 Å². The summed E-state index contributed by atoms with van der Waals surface area (Å²) < 4.78 is 7.81. The van der Waals surface area contributed by atoms with Crippen LogP contribution in [0.4, 0.5) is 0 Å². The number of aliphatic imine (C=N–C) groups is 1. The molecule has 1 unspecified atom stereocenters. The average molecular weight is 616 g/mol. The first-order valence-corrected chi connectivity index (χ1v) is 16.2. The van der Waals surface area contributed by atoms with Gasteiger partial charge < -0.3 is 26.1 Å². The summed E-state index contributed by atoms with van der Waals surface area (Å²) in [5.74, 6) is 0.949. The Morgan fingerprint density at radius 3 is 2.47 bits per heavy atom. The van der Waals surface area contributed by atoms with Gasteiger partial charge in [0.2, 0.25) is 0 Å². The highest BCUT2D eigenvalue weighted by Gasteiger charge is 2.28. The summed E-state index contributed by atoms with van der Waals surface area (Å²) in [6.07, 6.45) is 6.53. The van der Waals surface area contributed by atoms with Gasteiger partial charge in [-0.1, -0.05) is 68.8 Å². The molecular formula is C36H49N5O4. The summed E-state index contributed by atoms with van der Waals surface area (Å²) in [5, 5.41) is 27.8. The topological polar surface area (TPSA) is 147 Å². The maximum atomic E-state index is 14.3. The van der Waals surface area contributed by atoms with Crippen LogP contribution in [0.2, 0.25) is 0 Å². The molecule has 0 radical (unpaired) electrons. The molecule has 9 nitrogen and oxygen atoms in total. The summed E-state index contributed by atoms with van der Waals surface area (Å²) in [5.41, 5.74) is 10.6. The summed E-state index contributed by atoms with van der Waals surface area (Å²) in [7, 11) is 0. The van der Waals surface area contributed by atoms with Crippen LogP contribution in [0, 0.1) is 5.41 Å². The second-order valence-corrected chi connectivity index (χ2v) is 12.7. The Balaban J connectivity index is 1.63. The number of aliphatic hydroxyl groups is 2. The minimum atomic E-state index is -0.875. The summed E-state index contributed by atoms with van der Waals surface area (Å²) in [6, 6.07) is 15.9. The van der Waals surface area contributed by atoms with Gasteiger partial charge in [0, 0.05) is 36.2 Å². The molecule has 2 aromatic carbocycles. The third-order valence-corrected chi connectivity index (χ3v) is 8.32. The summed E-state index contributed by atoms with van der Waals surface area (Å²) in [4.78, 5) is 23.5. The number of amidine groups is 1. The number of aryl methyl sites for hydroxylation is 1. The Kier molecular flexibility index (Phi) is 11.8. The number of benzene rings is 2. The van der Waals surface area contributed by atoms with E-state index in [1.807, 2.05) is 60.0 Å². The van der Waals surface area contributed by atoms with Gasteiger partial charge >= 0.3 is 0 Å². The fourth-order valence-electron chi connectivity index (χ4n) is 5.97. The van der Waals surface area contributed by atoms with E-state index >= 15 is 0 Å². The van der Waals surface area contributed by atoms with Crippen LogP contribution >= 0.6 is 0 Å². The van der Waals surface area contributed by atoms with E-state index in [2.05, 4.69) is 11.9 Å². The third-order valence-electron chi connectivity index (χ3n) is 8.32. The molecule has 4 rings (SSSR count). The van der Waals surface area contributed by atoms with Crippen molar-refractivity contribution >= 4 is 12.1 Å². The molecule has 1 atom stereocenters. The van der Waals surface area contributed by atoms with E-state index in [0.29, 0.717) is 42.9 Å². The molecule has 0 bridgehead atoms. The SMILES string of the molecule is CCCc1nc(CC=N)n(C2CCC(OCC(C)(C)O)CC2)c(=O)c1Cc1ccc(-c2ccccc2C(N)=NC(O)CC)cc1. The van der Waals surface area contributed by atoms with Gasteiger partial charge in [0.1, 0.15) is 17.9 Å². The van der Waals surface area contributed by atoms with Gasteiger partial charge in [-0.05, 0) is 69.1 Å². The molecule has 45 heavy (non-hydrogen) atoms. The lowest BCUT2D eigenvalue weighted by Gasteiger charge is -2.32. The largest absolute Gasteiger partial charge is 0.388 e. The minimum Gasteiger partial charge on any atom is -0.388 e. The predicted octanol–water partition coefficient (Wildman–Crippen LogP) is 5.35. The van der Waals surface area contributed by atoms with Crippen molar-refractivity contribution in [3.8, 4) is 11.1 Å². The second kappa shape index (κ2) is 15.6. The van der Waals surface area contributed by atoms with Crippen molar-refractivity contribution in [3.63, 3.8) is 0 Å². The minimum absolute atomic E-state index is 0.00593. The predicted molar refractivity (Wildman–Crippen MR) is 180 cm³/mol. The summed E-state index contributed by atoms with van der Waals surface area (Å²) >= 11 is 0. The van der Waals surface area contributed by atoms with E-state index in [-0.39, 0.29) is 24.3 Å². The van der Waals surface area contributed by atoms with Crippen molar-refractivity contribution in [1.82, 2.24) is 9.55 Å². The van der Waals surface area contributed by atoms with E-state index < -0.39 is 11.8 Å². The van der Waals surface area contributed by atoms with E-state index in [9.17, 15) is 15.0 Å². The van der Waals surface area contributed by atoms with E-state index in [1.165, 1.54) is 6.21 Å². The van der Waals surface area contributed by atoms with Crippen LogP contribution in [-0.4, -0.2) is 56.4 Å². The lowest BCUT2D eigenvalue weighted by molar-refractivity contribution is -0.0656. The van der Waals surface area contributed by atoms with Crippen molar-refractivity contribution in [2.45, 2.75) is 109 Å². The molecule has 1 heterocycles. The Bertz CT molecular complexity index is 1520. The van der Waals surface area contributed by atoms with Crippen LogP contribution < -0.4 is 11.3 Å². The van der Waals surface area contributed by atoms with Crippen LogP contribution in [0.25, 0.3) is 11.1 Å². The Morgan fingerprint density at radius 2 is 1.84 bits per heavy atom. The Labute approximate surface area is 266 Å². The molecule has 0 spiro atoms. The van der Waals surface area contributed by atoms with E-state index in [1.54, 1.807) is 13.8 Å². The lowest BCUT2D eigenvalue weighted by atomic mass is 9.91. The van der Waals surface area contributed by atoms with Gasteiger partial charge in [-0.3, -0.25) is 9.36 Å². The maximum Gasteiger partial charge on any atom is 0.257 e. The molecule has 242 valence electrons. The maximum absolute atomic E-state index is 14.3. The lowest BCUT2D eigenvalue weighted by Crippen LogP contribution is -2.37. The zero-order valence-electron chi connectivity index (χ0n) is 27.1. The van der Waals surface area contributed by atoms with Gasteiger partial charge in [-0.25, -0.2) is 9.98 Å². The molecule has 5 N–H and O–H groups in total. The number of nitrogens with two attached hydrogens (primary N) is 1. The molecule has 9 heteroatoms. The third kappa shape index (κ3) is 8.96. The molecule has 1 aliphatic rings. The van der Waals surface area contributed by atoms with Crippen LogP contribution in [-0.2, 0) is 24.0 Å². The molecule has 1 aromatic heterocycles. The zero-order valence-corrected chi connectivity index (χ0v) is 27.1. The molecule has 0 saturated heterocycles. The van der Waals surface area contributed by atoms with Crippen LogP contribution in [0.1, 0.15) is 100 Å².